The van der Waals surface area contributed by atoms with Crippen molar-refractivity contribution in [1.82, 2.24) is 14.8 Å². The molecule has 7 nitrogen and oxygen atoms in total. The predicted octanol–water partition coefficient (Wildman–Crippen LogP) is 3.95. The van der Waals surface area contributed by atoms with Crippen LogP contribution in [0.1, 0.15) is 11.1 Å². The van der Waals surface area contributed by atoms with Gasteiger partial charge in [0.25, 0.3) is 0 Å². The second-order valence-corrected chi connectivity index (χ2v) is 7.73. The zero-order chi connectivity index (χ0) is 21.5. The fourth-order valence-corrected chi connectivity index (χ4v) is 3.82. The first kappa shape index (κ1) is 21.9. The van der Waals surface area contributed by atoms with Gasteiger partial charge in [0.2, 0.25) is 5.91 Å². The van der Waals surface area contributed by atoms with Crippen LogP contribution in [0.5, 0.6) is 5.75 Å². The Balaban J connectivity index is 1.74. The molecule has 0 bridgehead atoms. The summed E-state index contributed by atoms with van der Waals surface area (Å²) in [5.41, 5.74) is 3.87. The Bertz CT molecular complexity index is 982. The minimum absolute atomic E-state index is 0.0790. The molecule has 1 heterocycles. The van der Waals surface area contributed by atoms with Crippen LogP contribution < -0.4 is 10.1 Å². The third kappa shape index (κ3) is 5.20. The summed E-state index contributed by atoms with van der Waals surface area (Å²) in [4.78, 5) is 12.5. The van der Waals surface area contributed by atoms with Gasteiger partial charge in [0.15, 0.2) is 11.0 Å². The van der Waals surface area contributed by atoms with Crippen molar-refractivity contribution in [3.8, 4) is 17.1 Å². The Kier molecular flexibility index (Phi) is 7.48. The van der Waals surface area contributed by atoms with Crippen molar-refractivity contribution in [1.29, 1.82) is 0 Å². The summed E-state index contributed by atoms with van der Waals surface area (Å²) in [7, 11) is 3.29. The lowest BCUT2D eigenvalue weighted by molar-refractivity contribution is -0.113. The number of anilines is 1. The SMILES string of the molecule is COCCn1c(SCC(=O)Nc2c(C)cccc2C)nnc1-c1ccc(OC)cc1. The number of nitrogens with one attached hydrogen (secondary N) is 1. The topological polar surface area (TPSA) is 78.3 Å². The summed E-state index contributed by atoms with van der Waals surface area (Å²) in [5.74, 6) is 1.66. The number of nitrogens with zero attached hydrogens (tertiary/aromatic N) is 3. The van der Waals surface area contributed by atoms with Gasteiger partial charge in [0, 0.05) is 18.4 Å². The lowest BCUT2D eigenvalue weighted by Gasteiger charge is -2.12. The lowest BCUT2D eigenvalue weighted by atomic mass is 10.1. The van der Waals surface area contributed by atoms with E-state index in [1.807, 2.05) is 60.9 Å². The molecule has 0 fully saturated rings. The largest absolute Gasteiger partial charge is 0.497 e. The summed E-state index contributed by atoms with van der Waals surface area (Å²) in [6, 6.07) is 13.6. The molecule has 0 aliphatic carbocycles. The van der Waals surface area contributed by atoms with Crippen molar-refractivity contribution in [2.45, 2.75) is 25.5 Å². The zero-order valence-electron chi connectivity index (χ0n) is 17.6. The van der Waals surface area contributed by atoms with E-state index in [-0.39, 0.29) is 11.7 Å². The Morgan fingerprint density at radius 1 is 1.07 bits per heavy atom. The fraction of sp³-hybridized carbons (Fsp3) is 0.318. The highest BCUT2D eigenvalue weighted by Crippen LogP contribution is 2.26. The molecule has 0 radical (unpaired) electrons. The number of hydrogen-bond donors (Lipinski definition) is 1. The van der Waals surface area contributed by atoms with Gasteiger partial charge in [0.1, 0.15) is 5.75 Å². The van der Waals surface area contributed by atoms with Gasteiger partial charge >= 0.3 is 0 Å². The van der Waals surface area contributed by atoms with E-state index in [0.717, 1.165) is 34.0 Å². The van der Waals surface area contributed by atoms with Crippen LogP contribution in [0.3, 0.4) is 0 Å². The highest BCUT2D eigenvalue weighted by Gasteiger charge is 2.16. The van der Waals surface area contributed by atoms with Gasteiger partial charge in [-0.1, -0.05) is 30.0 Å². The highest BCUT2D eigenvalue weighted by molar-refractivity contribution is 7.99. The van der Waals surface area contributed by atoms with Crippen LogP contribution in [0.25, 0.3) is 11.4 Å². The standard InChI is InChI=1S/C22H26N4O3S/c1-15-6-5-7-16(2)20(15)23-19(27)14-30-22-25-24-21(26(22)12-13-28-3)17-8-10-18(29-4)11-9-17/h5-11H,12-14H2,1-4H3,(H,23,27). The van der Waals surface area contributed by atoms with E-state index in [1.165, 1.54) is 11.8 Å². The first-order valence-electron chi connectivity index (χ1n) is 9.59. The van der Waals surface area contributed by atoms with Crippen molar-refractivity contribution in [2.24, 2.45) is 0 Å². The van der Waals surface area contributed by atoms with Crippen LogP contribution >= 0.6 is 11.8 Å². The summed E-state index contributed by atoms with van der Waals surface area (Å²) in [6.07, 6.45) is 0. The molecular formula is C22H26N4O3S. The van der Waals surface area contributed by atoms with Crippen molar-refractivity contribution in [3.63, 3.8) is 0 Å². The second kappa shape index (κ2) is 10.3. The first-order chi connectivity index (χ1) is 14.5. The van der Waals surface area contributed by atoms with Crippen molar-refractivity contribution < 1.29 is 14.3 Å². The third-order valence-electron chi connectivity index (χ3n) is 4.66. The van der Waals surface area contributed by atoms with E-state index < -0.39 is 0 Å². The van der Waals surface area contributed by atoms with E-state index in [2.05, 4.69) is 15.5 Å². The molecular weight excluding hydrogens is 400 g/mol. The van der Waals surface area contributed by atoms with E-state index >= 15 is 0 Å². The molecule has 3 aromatic rings. The first-order valence-corrected chi connectivity index (χ1v) is 10.6. The van der Waals surface area contributed by atoms with Gasteiger partial charge in [-0.15, -0.1) is 10.2 Å². The molecule has 2 aromatic carbocycles. The molecule has 8 heteroatoms. The summed E-state index contributed by atoms with van der Waals surface area (Å²) in [5, 5.41) is 12.3. The number of ether oxygens (including phenoxy) is 2. The number of para-hydroxylation sites is 1. The quantitative estimate of drug-likeness (QED) is 0.522. The molecule has 1 N–H and O–H groups in total. The maximum absolute atomic E-state index is 12.5. The van der Waals surface area contributed by atoms with Crippen LogP contribution in [-0.2, 0) is 16.1 Å². The number of aryl methyl sites for hydroxylation is 2. The lowest BCUT2D eigenvalue weighted by Crippen LogP contribution is -2.16. The van der Waals surface area contributed by atoms with E-state index in [9.17, 15) is 4.79 Å². The molecule has 1 aromatic heterocycles. The number of benzene rings is 2. The number of rotatable bonds is 9. The van der Waals surface area contributed by atoms with Crippen molar-refractivity contribution in [2.75, 3.05) is 31.9 Å². The van der Waals surface area contributed by atoms with Crippen LogP contribution in [0.4, 0.5) is 5.69 Å². The number of hydrogen-bond acceptors (Lipinski definition) is 6. The van der Waals surface area contributed by atoms with Gasteiger partial charge in [-0.3, -0.25) is 9.36 Å². The Labute approximate surface area is 180 Å². The minimum atomic E-state index is -0.0790. The van der Waals surface area contributed by atoms with Gasteiger partial charge in [-0.05, 0) is 49.2 Å². The van der Waals surface area contributed by atoms with Gasteiger partial charge in [-0.25, -0.2) is 0 Å². The Morgan fingerprint density at radius 2 is 1.77 bits per heavy atom. The molecule has 0 spiro atoms. The number of aromatic nitrogens is 3. The summed E-state index contributed by atoms with van der Waals surface area (Å²) in [6.45, 7) is 5.08. The molecule has 0 aliphatic rings. The van der Waals surface area contributed by atoms with E-state index in [1.54, 1.807) is 14.2 Å². The molecule has 0 saturated heterocycles. The molecule has 30 heavy (non-hydrogen) atoms. The van der Waals surface area contributed by atoms with Crippen molar-refractivity contribution in [3.05, 3.63) is 53.6 Å². The van der Waals surface area contributed by atoms with Gasteiger partial charge in [0.05, 0.1) is 26.0 Å². The monoisotopic (exact) mass is 426 g/mol. The van der Waals surface area contributed by atoms with Crippen LogP contribution in [-0.4, -0.2) is 47.3 Å². The molecule has 1 amide bonds. The maximum Gasteiger partial charge on any atom is 0.234 e. The Hall–Kier alpha value is -2.84. The van der Waals surface area contributed by atoms with E-state index in [0.29, 0.717) is 18.3 Å². The summed E-state index contributed by atoms with van der Waals surface area (Å²) < 4.78 is 12.4. The van der Waals surface area contributed by atoms with Crippen LogP contribution in [0.2, 0.25) is 0 Å². The number of thioether (sulfide) groups is 1. The number of amides is 1. The fourth-order valence-electron chi connectivity index (χ4n) is 3.05. The highest BCUT2D eigenvalue weighted by atomic mass is 32.2. The third-order valence-corrected chi connectivity index (χ3v) is 5.63. The molecule has 0 aliphatic heterocycles. The average Bonchev–Trinajstić information content (AvgIpc) is 3.16. The number of methoxy groups -OCH3 is 2. The number of carbonyl (C=O) groups excluding carboxylic acids is 1. The molecule has 3 rings (SSSR count). The Morgan fingerprint density at radius 3 is 2.40 bits per heavy atom. The van der Waals surface area contributed by atoms with Crippen LogP contribution in [0, 0.1) is 13.8 Å². The molecule has 0 unspecified atom stereocenters. The van der Waals surface area contributed by atoms with Crippen molar-refractivity contribution >= 4 is 23.4 Å². The van der Waals surface area contributed by atoms with Gasteiger partial charge in [-0.2, -0.15) is 0 Å². The van der Waals surface area contributed by atoms with Gasteiger partial charge < -0.3 is 14.8 Å². The van der Waals surface area contributed by atoms with Crippen LogP contribution in [0.15, 0.2) is 47.6 Å². The molecule has 0 atom stereocenters. The predicted molar refractivity (Wildman–Crippen MR) is 119 cm³/mol. The normalized spacial score (nSPS) is 10.8. The zero-order valence-corrected chi connectivity index (χ0v) is 18.5. The summed E-state index contributed by atoms with van der Waals surface area (Å²) >= 11 is 1.36. The smallest absolute Gasteiger partial charge is 0.234 e. The second-order valence-electron chi connectivity index (χ2n) is 6.78. The molecule has 0 saturated carbocycles. The number of carbonyl (C=O) groups is 1. The average molecular weight is 427 g/mol. The minimum Gasteiger partial charge on any atom is -0.497 e. The molecule has 158 valence electrons. The maximum atomic E-state index is 12.5. The van der Waals surface area contributed by atoms with E-state index in [4.69, 9.17) is 9.47 Å².